The van der Waals surface area contributed by atoms with Gasteiger partial charge in [0.2, 0.25) is 0 Å². The first kappa shape index (κ1) is 13.4. The lowest BCUT2D eigenvalue weighted by Gasteiger charge is -2.33. The molecule has 0 aliphatic heterocycles. The van der Waals surface area contributed by atoms with E-state index in [-0.39, 0.29) is 0 Å². The summed E-state index contributed by atoms with van der Waals surface area (Å²) in [5, 5.41) is 1.57. The Morgan fingerprint density at radius 1 is 1.35 bits per heavy atom. The summed E-state index contributed by atoms with van der Waals surface area (Å²) >= 11 is 13.5. The van der Waals surface area contributed by atoms with Crippen LogP contribution in [0.1, 0.15) is 37.5 Å². The van der Waals surface area contributed by atoms with Crippen LogP contribution in [0.4, 0.5) is 5.13 Å². The molecule has 1 aliphatic rings. The highest BCUT2D eigenvalue weighted by Crippen LogP contribution is 2.34. The van der Waals surface area contributed by atoms with E-state index in [1.165, 1.54) is 25.7 Å². The average molecular weight is 293 g/mol. The molecule has 96 valence electrons. The van der Waals surface area contributed by atoms with Gasteiger partial charge in [-0.1, -0.05) is 29.9 Å². The number of nitrogens with zero attached hydrogens (tertiary/aromatic N) is 2. The number of anilines is 1. The van der Waals surface area contributed by atoms with Crippen LogP contribution < -0.4 is 4.90 Å². The van der Waals surface area contributed by atoms with E-state index in [4.69, 9.17) is 23.2 Å². The number of aromatic nitrogens is 1. The second-order valence-electron chi connectivity index (χ2n) is 4.87. The van der Waals surface area contributed by atoms with Crippen molar-refractivity contribution in [1.29, 1.82) is 0 Å². The Hall–Kier alpha value is 0.01000. The van der Waals surface area contributed by atoms with Crippen molar-refractivity contribution in [2.24, 2.45) is 5.92 Å². The van der Waals surface area contributed by atoms with E-state index in [0.717, 1.165) is 15.9 Å². The molecule has 0 unspecified atom stereocenters. The van der Waals surface area contributed by atoms with Crippen LogP contribution in [0.5, 0.6) is 0 Å². The second kappa shape index (κ2) is 5.77. The van der Waals surface area contributed by atoms with Gasteiger partial charge in [0.05, 0.1) is 10.8 Å². The molecule has 0 atom stereocenters. The van der Waals surface area contributed by atoms with Gasteiger partial charge >= 0.3 is 0 Å². The van der Waals surface area contributed by atoms with E-state index in [9.17, 15) is 0 Å². The molecule has 5 heteroatoms. The van der Waals surface area contributed by atoms with Crippen LogP contribution in [0, 0.1) is 5.92 Å². The van der Waals surface area contributed by atoms with Crippen molar-refractivity contribution in [2.45, 2.75) is 44.5 Å². The van der Waals surface area contributed by atoms with Crippen LogP contribution in [0.2, 0.25) is 5.15 Å². The summed E-state index contributed by atoms with van der Waals surface area (Å²) < 4.78 is 0. The summed E-state index contributed by atoms with van der Waals surface area (Å²) in [6.45, 7) is 2.34. The summed E-state index contributed by atoms with van der Waals surface area (Å²) in [6.07, 6.45) is 5.14. The van der Waals surface area contributed by atoms with Gasteiger partial charge in [-0.05, 0) is 31.6 Å². The smallest absolute Gasteiger partial charge is 0.187 e. The van der Waals surface area contributed by atoms with Crippen LogP contribution in [0.15, 0.2) is 0 Å². The normalized spacial score (nSPS) is 24.9. The fraction of sp³-hybridized carbons (Fsp3) is 0.750. The Bertz CT molecular complexity index is 373. The van der Waals surface area contributed by atoms with Crippen molar-refractivity contribution in [3.63, 3.8) is 0 Å². The molecule has 17 heavy (non-hydrogen) atoms. The Labute approximate surface area is 117 Å². The lowest BCUT2D eigenvalue weighted by molar-refractivity contribution is 0.340. The molecule has 1 saturated carbocycles. The van der Waals surface area contributed by atoms with Crippen molar-refractivity contribution in [1.82, 2.24) is 4.98 Å². The maximum atomic E-state index is 6.04. The van der Waals surface area contributed by atoms with E-state index >= 15 is 0 Å². The van der Waals surface area contributed by atoms with Crippen molar-refractivity contribution < 1.29 is 0 Å². The monoisotopic (exact) mass is 292 g/mol. The first-order valence-electron chi connectivity index (χ1n) is 6.05. The third kappa shape index (κ3) is 3.07. The van der Waals surface area contributed by atoms with E-state index in [2.05, 4.69) is 23.9 Å². The summed E-state index contributed by atoms with van der Waals surface area (Å²) in [6, 6.07) is 0.608. The van der Waals surface area contributed by atoms with Crippen molar-refractivity contribution in [2.75, 3.05) is 11.9 Å². The fourth-order valence-electron chi connectivity index (χ4n) is 2.34. The molecule has 1 heterocycles. The molecule has 0 aromatic carbocycles. The average Bonchev–Trinajstić information content (AvgIpc) is 2.70. The minimum atomic E-state index is 0.450. The third-order valence-electron chi connectivity index (χ3n) is 3.59. The van der Waals surface area contributed by atoms with Gasteiger partial charge in [-0.3, -0.25) is 0 Å². The van der Waals surface area contributed by atoms with Gasteiger partial charge in [0.25, 0.3) is 0 Å². The molecule has 0 amide bonds. The molecule has 1 aromatic rings. The zero-order valence-corrected chi connectivity index (χ0v) is 12.6. The van der Waals surface area contributed by atoms with E-state index in [1.54, 1.807) is 11.3 Å². The standard InChI is InChI=1S/C12H18Cl2N2S/c1-8-3-5-9(6-4-8)16(2)12-15-11(14)10(7-13)17-12/h8-9H,3-7H2,1-2H3. The number of hydrogen-bond donors (Lipinski definition) is 0. The maximum Gasteiger partial charge on any atom is 0.187 e. The molecule has 0 N–H and O–H groups in total. The van der Waals surface area contributed by atoms with Crippen LogP contribution in [-0.2, 0) is 5.88 Å². The quantitative estimate of drug-likeness (QED) is 0.760. The van der Waals surface area contributed by atoms with Crippen LogP contribution in [-0.4, -0.2) is 18.1 Å². The zero-order chi connectivity index (χ0) is 12.4. The number of rotatable bonds is 3. The zero-order valence-electron chi connectivity index (χ0n) is 10.2. The van der Waals surface area contributed by atoms with Crippen molar-refractivity contribution >= 4 is 39.7 Å². The molecule has 2 rings (SSSR count). The topological polar surface area (TPSA) is 16.1 Å². The first-order valence-corrected chi connectivity index (χ1v) is 7.78. The number of halogens is 2. The van der Waals surface area contributed by atoms with Gasteiger partial charge in [-0.2, -0.15) is 0 Å². The number of alkyl halides is 1. The Morgan fingerprint density at radius 2 is 2.00 bits per heavy atom. The molecular formula is C12H18Cl2N2S. The van der Waals surface area contributed by atoms with E-state index in [0.29, 0.717) is 17.1 Å². The van der Waals surface area contributed by atoms with Gasteiger partial charge in [0.1, 0.15) is 5.15 Å². The predicted octanol–water partition coefficient (Wildman–Crippen LogP) is 4.55. The van der Waals surface area contributed by atoms with E-state index in [1.807, 2.05) is 0 Å². The van der Waals surface area contributed by atoms with Crippen molar-refractivity contribution in [3.05, 3.63) is 10.0 Å². The Morgan fingerprint density at radius 3 is 2.53 bits per heavy atom. The summed E-state index contributed by atoms with van der Waals surface area (Å²) in [5.41, 5.74) is 0. The largest absolute Gasteiger partial charge is 0.348 e. The first-order chi connectivity index (χ1) is 8.11. The molecule has 1 aliphatic carbocycles. The molecule has 2 nitrogen and oxygen atoms in total. The van der Waals surface area contributed by atoms with Gasteiger partial charge < -0.3 is 4.90 Å². The summed E-state index contributed by atoms with van der Waals surface area (Å²) in [4.78, 5) is 7.65. The lowest BCUT2D eigenvalue weighted by atomic mass is 9.87. The van der Waals surface area contributed by atoms with Crippen molar-refractivity contribution in [3.8, 4) is 0 Å². The second-order valence-corrected chi connectivity index (χ2v) is 6.56. The van der Waals surface area contributed by atoms with Crippen LogP contribution >= 0.6 is 34.5 Å². The molecule has 0 bridgehead atoms. The molecular weight excluding hydrogens is 275 g/mol. The summed E-state index contributed by atoms with van der Waals surface area (Å²) in [5.74, 6) is 1.32. The number of thiazole rings is 1. The van der Waals surface area contributed by atoms with Crippen LogP contribution in [0.25, 0.3) is 0 Å². The molecule has 1 aromatic heterocycles. The van der Waals surface area contributed by atoms with Gasteiger partial charge in [-0.25, -0.2) is 4.98 Å². The van der Waals surface area contributed by atoms with Gasteiger partial charge in [0, 0.05) is 13.1 Å². The molecule has 0 saturated heterocycles. The highest BCUT2D eigenvalue weighted by Gasteiger charge is 2.24. The summed E-state index contributed by atoms with van der Waals surface area (Å²) in [7, 11) is 2.12. The Kier molecular flexibility index (Phi) is 4.56. The lowest BCUT2D eigenvalue weighted by Crippen LogP contribution is -2.34. The number of hydrogen-bond acceptors (Lipinski definition) is 3. The SMILES string of the molecule is CC1CCC(N(C)c2nc(Cl)c(CCl)s2)CC1. The molecule has 1 fully saturated rings. The molecule has 0 radical (unpaired) electrons. The fourth-order valence-corrected chi connectivity index (χ4v) is 3.85. The predicted molar refractivity (Wildman–Crippen MR) is 76.5 cm³/mol. The minimum absolute atomic E-state index is 0.450. The maximum absolute atomic E-state index is 6.04. The van der Waals surface area contributed by atoms with E-state index < -0.39 is 0 Å². The molecule has 0 spiro atoms. The Balaban J connectivity index is 2.05. The highest BCUT2D eigenvalue weighted by atomic mass is 35.5. The third-order valence-corrected chi connectivity index (χ3v) is 5.59. The minimum Gasteiger partial charge on any atom is -0.348 e. The highest BCUT2D eigenvalue weighted by molar-refractivity contribution is 7.16. The van der Waals surface area contributed by atoms with Crippen LogP contribution in [0.3, 0.4) is 0 Å². The van der Waals surface area contributed by atoms with Gasteiger partial charge in [-0.15, -0.1) is 11.6 Å². The van der Waals surface area contributed by atoms with Gasteiger partial charge in [0.15, 0.2) is 5.13 Å².